The Bertz CT molecular complexity index is 431. The average molecular weight is 175 g/mol. The van der Waals surface area contributed by atoms with E-state index >= 15 is 0 Å². The number of fused-ring (bicyclic) bond motifs is 1. The van der Waals surface area contributed by atoms with Crippen molar-refractivity contribution >= 4 is 17.0 Å². The van der Waals surface area contributed by atoms with Crippen molar-refractivity contribution in [2.45, 2.75) is 6.92 Å². The maximum atomic E-state index is 4.09. The summed E-state index contributed by atoms with van der Waals surface area (Å²) in [5.41, 5.74) is 1.49. The third kappa shape index (κ3) is 1.35. The van der Waals surface area contributed by atoms with Gasteiger partial charge in [-0.25, -0.2) is 15.0 Å². The molecular weight excluding hydrogens is 166 g/mol. The van der Waals surface area contributed by atoms with Crippen LogP contribution < -0.4 is 5.32 Å². The zero-order chi connectivity index (χ0) is 9.10. The van der Waals surface area contributed by atoms with E-state index in [1.54, 1.807) is 12.5 Å². The van der Waals surface area contributed by atoms with Gasteiger partial charge < -0.3 is 10.3 Å². The first kappa shape index (κ1) is 7.72. The van der Waals surface area contributed by atoms with Gasteiger partial charge in [-0.05, 0) is 13.1 Å². The van der Waals surface area contributed by atoms with Crippen molar-refractivity contribution in [3.63, 3.8) is 0 Å². The fourth-order valence-corrected chi connectivity index (χ4v) is 1.03. The zero-order valence-electron chi connectivity index (χ0n) is 7.15. The molecule has 5 nitrogen and oxygen atoms in total. The second-order valence-corrected chi connectivity index (χ2v) is 2.47. The van der Waals surface area contributed by atoms with E-state index in [2.05, 4.69) is 25.3 Å². The molecule has 0 radical (unpaired) electrons. The number of allylic oxidation sites excluding steroid dienone is 1. The van der Waals surface area contributed by atoms with Gasteiger partial charge >= 0.3 is 0 Å². The molecule has 2 N–H and O–H groups in total. The van der Waals surface area contributed by atoms with Crippen LogP contribution in [0.2, 0.25) is 0 Å². The maximum Gasteiger partial charge on any atom is 0.162 e. The van der Waals surface area contributed by atoms with Crippen LogP contribution >= 0.6 is 0 Å². The first-order valence-electron chi connectivity index (χ1n) is 3.93. The lowest BCUT2D eigenvalue weighted by Gasteiger charge is -1.97. The highest BCUT2D eigenvalue weighted by atomic mass is 15.1. The van der Waals surface area contributed by atoms with Gasteiger partial charge in [0.2, 0.25) is 0 Å². The van der Waals surface area contributed by atoms with Crippen LogP contribution in [0.5, 0.6) is 0 Å². The lowest BCUT2D eigenvalue weighted by molar-refractivity contribution is 1.20. The van der Waals surface area contributed by atoms with Crippen LogP contribution in [0, 0.1) is 0 Å². The monoisotopic (exact) mass is 175 g/mol. The highest BCUT2D eigenvalue weighted by molar-refractivity contribution is 5.82. The lowest BCUT2D eigenvalue weighted by atomic mass is 10.5. The van der Waals surface area contributed by atoms with E-state index in [9.17, 15) is 0 Å². The Morgan fingerprint density at radius 3 is 3.15 bits per heavy atom. The number of nitrogens with zero attached hydrogens (tertiary/aromatic N) is 3. The van der Waals surface area contributed by atoms with E-state index in [1.807, 2.05) is 13.0 Å². The molecule has 0 bridgehead atoms. The topological polar surface area (TPSA) is 66.5 Å². The van der Waals surface area contributed by atoms with Gasteiger partial charge in [-0.3, -0.25) is 0 Å². The predicted molar refractivity (Wildman–Crippen MR) is 50.1 cm³/mol. The number of nitrogens with one attached hydrogen (secondary N) is 2. The third-order valence-corrected chi connectivity index (χ3v) is 1.60. The van der Waals surface area contributed by atoms with Crippen molar-refractivity contribution in [1.82, 2.24) is 19.9 Å². The van der Waals surface area contributed by atoms with Gasteiger partial charge in [-0.1, -0.05) is 6.08 Å². The van der Waals surface area contributed by atoms with Crippen molar-refractivity contribution in [3.8, 4) is 0 Å². The molecule has 2 heterocycles. The number of anilines is 1. The summed E-state index contributed by atoms with van der Waals surface area (Å²) in [5, 5.41) is 3.01. The zero-order valence-corrected chi connectivity index (χ0v) is 7.15. The molecular formula is C8H9N5. The highest BCUT2D eigenvalue weighted by Crippen LogP contribution is 2.13. The number of H-pyrrole nitrogens is 1. The summed E-state index contributed by atoms with van der Waals surface area (Å²) in [4.78, 5) is 15.1. The highest BCUT2D eigenvalue weighted by Gasteiger charge is 2.02. The molecule has 0 spiro atoms. The summed E-state index contributed by atoms with van der Waals surface area (Å²) >= 11 is 0. The Hall–Kier alpha value is -1.91. The molecule has 5 heteroatoms. The van der Waals surface area contributed by atoms with Crippen LogP contribution in [0.15, 0.2) is 24.9 Å². The minimum absolute atomic E-state index is 0.712. The molecule has 0 aliphatic heterocycles. The molecule has 0 saturated heterocycles. The van der Waals surface area contributed by atoms with Gasteiger partial charge in [0.25, 0.3) is 0 Å². The van der Waals surface area contributed by atoms with Crippen molar-refractivity contribution in [2.24, 2.45) is 0 Å². The molecule has 0 unspecified atom stereocenters. The first-order valence-corrected chi connectivity index (χ1v) is 3.93. The Kier molecular flexibility index (Phi) is 1.91. The van der Waals surface area contributed by atoms with Gasteiger partial charge in [-0.2, -0.15) is 0 Å². The Morgan fingerprint density at radius 1 is 1.38 bits per heavy atom. The number of hydrogen-bond acceptors (Lipinski definition) is 4. The standard InChI is InChI=1S/C8H9N5/c1-2-3-9-7-6-8(11-4-10-6)13-5-12-7/h2-5H,1H3,(H2,9,10,11,12,13). The number of aromatic amines is 1. The van der Waals surface area contributed by atoms with Gasteiger partial charge in [0.1, 0.15) is 6.33 Å². The fraction of sp³-hybridized carbons (Fsp3) is 0.125. The molecule has 0 aliphatic rings. The summed E-state index contributed by atoms with van der Waals surface area (Å²) in [6, 6.07) is 0. The minimum atomic E-state index is 0.712. The van der Waals surface area contributed by atoms with Crippen LogP contribution in [-0.2, 0) is 0 Å². The number of hydrogen-bond donors (Lipinski definition) is 2. The van der Waals surface area contributed by atoms with Crippen LogP contribution in [0.3, 0.4) is 0 Å². The van der Waals surface area contributed by atoms with E-state index in [4.69, 9.17) is 0 Å². The normalized spacial score (nSPS) is 11.2. The molecule has 13 heavy (non-hydrogen) atoms. The van der Waals surface area contributed by atoms with Crippen molar-refractivity contribution in [3.05, 3.63) is 24.9 Å². The molecule has 0 atom stereocenters. The van der Waals surface area contributed by atoms with Crippen LogP contribution in [0.4, 0.5) is 5.82 Å². The molecule has 0 aromatic carbocycles. The van der Waals surface area contributed by atoms with E-state index in [1.165, 1.54) is 6.33 Å². The molecule has 0 aliphatic carbocycles. The third-order valence-electron chi connectivity index (χ3n) is 1.60. The summed E-state index contributed by atoms with van der Waals surface area (Å²) in [7, 11) is 0. The van der Waals surface area contributed by atoms with E-state index in [0.29, 0.717) is 5.82 Å². The SMILES string of the molecule is CC=CNc1ncnc2[nH]cnc12. The minimum Gasteiger partial charge on any atom is -0.345 e. The summed E-state index contributed by atoms with van der Waals surface area (Å²) in [6.45, 7) is 1.93. The first-order chi connectivity index (χ1) is 6.42. The average Bonchev–Trinajstić information content (AvgIpc) is 2.62. The molecule has 0 fully saturated rings. The molecule has 66 valence electrons. The van der Waals surface area contributed by atoms with Crippen LogP contribution in [0.1, 0.15) is 6.92 Å². The second kappa shape index (κ2) is 3.22. The van der Waals surface area contributed by atoms with Gasteiger partial charge in [0.15, 0.2) is 17.0 Å². The molecule has 2 aromatic heterocycles. The van der Waals surface area contributed by atoms with Crippen molar-refractivity contribution in [2.75, 3.05) is 5.32 Å². The largest absolute Gasteiger partial charge is 0.345 e. The molecule has 2 rings (SSSR count). The summed E-state index contributed by atoms with van der Waals surface area (Å²) in [6.07, 6.45) is 6.78. The van der Waals surface area contributed by atoms with Gasteiger partial charge in [0.05, 0.1) is 6.33 Å². The summed E-state index contributed by atoms with van der Waals surface area (Å²) in [5.74, 6) is 0.712. The smallest absolute Gasteiger partial charge is 0.162 e. The Balaban J connectivity index is 2.48. The second-order valence-electron chi connectivity index (χ2n) is 2.47. The molecule has 0 saturated carbocycles. The van der Waals surface area contributed by atoms with Crippen LogP contribution in [0.25, 0.3) is 11.2 Å². The molecule has 0 amide bonds. The number of aromatic nitrogens is 4. The number of rotatable bonds is 2. The Labute approximate surface area is 74.9 Å². The Morgan fingerprint density at radius 2 is 2.31 bits per heavy atom. The van der Waals surface area contributed by atoms with E-state index in [0.717, 1.165) is 11.2 Å². The maximum absolute atomic E-state index is 4.09. The summed E-state index contributed by atoms with van der Waals surface area (Å²) < 4.78 is 0. The van der Waals surface area contributed by atoms with Gasteiger partial charge in [-0.15, -0.1) is 0 Å². The van der Waals surface area contributed by atoms with E-state index in [-0.39, 0.29) is 0 Å². The van der Waals surface area contributed by atoms with Crippen molar-refractivity contribution in [1.29, 1.82) is 0 Å². The number of imidazole rings is 1. The quantitative estimate of drug-likeness (QED) is 0.721. The van der Waals surface area contributed by atoms with Crippen LogP contribution in [-0.4, -0.2) is 19.9 Å². The van der Waals surface area contributed by atoms with Crippen molar-refractivity contribution < 1.29 is 0 Å². The molecule has 2 aromatic rings. The lowest BCUT2D eigenvalue weighted by Crippen LogP contribution is -1.93. The van der Waals surface area contributed by atoms with Gasteiger partial charge in [0, 0.05) is 0 Å². The van der Waals surface area contributed by atoms with E-state index < -0.39 is 0 Å². The fourth-order valence-electron chi connectivity index (χ4n) is 1.03. The predicted octanol–water partition coefficient (Wildman–Crippen LogP) is 1.30.